The summed E-state index contributed by atoms with van der Waals surface area (Å²) < 4.78 is 59.2. The highest BCUT2D eigenvalue weighted by atomic mass is 31.0. The summed E-state index contributed by atoms with van der Waals surface area (Å²) in [5, 5.41) is 1.49. The van der Waals surface area contributed by atoms with E-state index in [1.807, 2.05) is 0 Å². The third-order valence-electron chi connectivity index (χ3n) is 2.96. The Morgan fingerprint density at radius 3 is 2.17 bits per heavy atom. The third-order valence-corrected chi connectivity index (χ3v) is 3.36. The van der Waals surface area contributed by atoms with Gasteiger partial charge >= 0.3 is 0 Å². The molecule has 3 N–H and O–H groups in total. The van der Waals surface area contributed by atoms with E-state index in [9.17, 15) is 22.4 Å². The molecule has 0 aliphatic heterocycles. The van der Waals surface area contributed by atoms with Crippen molar-refractivity contribution in [2.24, 2.45) is 0 Å². The Balaban J connectivity index is 2.63. The number of rotatable bonds is 7. The topological polar surface area (TPSA) is 64.3 Å². The maximum Gasteiger partial charge on any atom is 0.216 e. The molecule has 0 bridgehead atoms. The third kappa shape index (κ3) is 4.71. The number of amides is 1. The van der Waals surface area contributed by atoms with Crippen LogP contribution in [0.5, 0.6) is 0 Å². The predicted octanol–water partition coefficient (Wildman–Crippen LogP) is 2.34. The van der Waals surface area contributed by atoms with Crippen molar-refractivity contribution in [2.75, 3.05) is 18.9 Å². The molecule has 0 saturated carbocycles. The van der Waals surface area contributed by atoms with Crippen LogP contribution in [0.3, 0.4) is 0 Å². The van der Waals surface area contributed by atoms with E-state index in [0.29, 0.717) is 0 Å². The minimum absolute atomic E-state index is 0.0867. The maximum atomic E-state index is 13.7. The molecule has 1 rings (SSSR count). The molecule has 1 aromatic rings. The summed E-state index contributed by atoms with van der Waals surface area (Å²) in [4.78, 5) is 11.5. The molecule has 0 unspecified atom stereocenters. The summed E-state index contributed by atoms with van der Waals surface area (Å²) in [7, 11) is 8.36. The predicted molar refractivity (Wildman–Crippen MR) is 86.5 cm³/mol. The second-order valence-electron chi connectivity index (χ2n) is 5.55. The zero-order valence-corrected chi connectivity index (χ0v) is 14.1. The van der Waals surface area contributed by atoms with Crippen LogP contribution in [0.1, 0.15) is 25.8 Å². The van der Waals surface area contributed by atoms with Gasteiger partial charge in [-0.1, -0.05) is 22.7 Å². The van der Waals surface area contributed by atoms with Crippen LogP contribution in [0.25, 0.3) is 0 Å². The molecular weight excluding hydrogens is 346 g/mol. The molecule has 1 amide bonds. The van der Waals surface area contributed by atoms with E-state index >= 15 is 0 Å². The molecule has 0 spiro atoms. The molecule has 0 aliphatic rings. The van der Waals surface area contributed by atoms with Crippen LogP contribution >= 0.6 is 8.86 Å². The van der Waals surface area contributed by atoms with Gasteiger partial charge in [0, 0.05) is 11.9 Å². The fourth-order valence-electron chi connectivity index (χ4n) is 1.60. The fourth-order valence-corrected chi connectivity index (χ4v) is 1.92. The first-order chi connectivity index (χ1) is 11.0. The van der Waals surface area contributed by atoms with Gasteiger partial charge in [-0.05, 0) is 6.42 Å². The Bertz CT molecular complexity index is 636. The molecule has 0 heterocycles. The number of anilines is 1. The molecule has 0 aromatic heterocycles. The summed E-state index contributed by atoms with van der Waals surface area (Å²) in [6.07, 6.45) is 0.263. The molecule has 1 aromatic carbocycles. The van der Waals surface area contributed by atoms with Crippen molar-refractivity contribution >= 4 is 33.8 Å². The molecule has 2 radical (unpaired) electrons. The number of halogens is 4. The molecule has 0 aliphatic carbocycles. The SMILES string of the molecule is [B]C(C)(C)C(=O)NCCCOC(=P)c1c(F)c(F)c(N)c(F)c1F. The first-order valence-corrected chi connectivity index (χ1v) is 7.38. The number of benzene rings is 1. The van der Waals surface area contributed by atoms with Crippen molar-refractivity contribution < 1.29 is 27.1 Å². The number of ether oxygens (including phenoxy) is 1. The first kappa shape index (κ1) is 20.4. The zero-order chi connectivity index (χ0) is 18.7. The second kappa shape index (κ2) is 7.99. The van der Waals surface area contributed by atoms with Gasteiger partial charge in [0.1, 0.15) is 11.2 Å². The molecule has 10 heteroatoms. The van der Waals surface area contributed by atoms with Gasteiger partial charge in [-0.25, -0.2) is 17.6 Å². The molecule has 0 atom stereocenters. The molecule has 130 valence electrons. The van der Waals surface area contributed by atoms with E-state index in [4.69, 9.17) is 18.3 Å². The highest BCUT2D eigenvalue weighted by molar-refractivity contribution is 7.21. The molecule has 0 fully saturated rings. The summed E-state index contributed by atoms with van der Waals surface area (Å²) in [5.74, 6) is -7.14. The largest absolute Gasteiger partial charge is 0.394 e. The lowest BCUT2D eigenvalue weighted by atomic mass is 9.72. The zero-order valence-electron chi connectivity index (χ0n) is 13.1. The summed E-state index contributed by atoms with van der Waals surface area (Å²) in [6, 6.07) is 0. The lowest BCUT2D eigenvalue weighted by Crippen LogP contribution is -2.33. The van der Waals surface area contributed by atoms with Gasteiger partial charge in [-0.3, -0.25) is 4.79 Å². The van der Waals surface area contributed by atoms with E-state index in [0.717, 1.165) is 0 Å². The lowest BCUT2D eigenvalue weighted by Gasteiger charge is -2.18. The van der Waals surface area contributed by atoms with Crippen molar-refractivity contribution in [1.82, 2.24) is 5.32 Å². The summed E-state index contributed by atoms with van der Waals surface area (Å²) in [5.41, 5.74) is 2.09. The Kier molecular flexibility index (Phi) is 6.81. The van der Waals surface area contributed by atoms with Gasteiger partial charge in [-0.15, -0.1) is 0 Å². The monoisotopic (exact) mass is 362 g/mol. The fraction of sp³-hybridized carbons (Fsp3) is 0.429. The first-order valence-electron chi connectivity index (χ1n) is 6.88. The average molecular weight is 362 g/mol. The van der Waals surface area contributed by atoms with Crippen LogP contribution in [0.2, 0.25) is 5.31 Å². The molecular formula is C14H16BF4N2O2P. The number of carbonyl (C=O) groups excluding carboxylic acids is 1. The van der Waals surface area contributed by atoms with Crippen LogP contribution in [0.4, 0.5) is 23.2 Å². The summed E-state index contributed by atoms with van der Waals surface area (Å²) in [6.45, 7) is 3.16. The van der Waals surface area contributed by atoms with Crippen molar-refractivity contribution in [1.29, 1.82) is 0 Å². The van der Waals surface area contributed by atoms with Crippen molar-refractivity contribution in [2.45, 2.75) is 25.6 Å². The summed E-state index contributed by atoms with van der Waals surface area (Å²) >= 11 is 0. The van der Waals surface area contributed by atoms with Gasteiger partial charge in [0.15, 0.2) is 23.3 Å². The van der Waals surface area contributed by atoms with Gasteiger partial charge in [0.25, 0.3) is 0 Å². The van der Waals surface area contributed by atoms with E-state index in [-0.39, 0.29) is 25.5 Å². The maximum absolute atomic E-state index is 13.7. The molecule has 0 saturated heterocycles. The standard InChI is InChI=1S/C14H16BF4N2O2P/c1-14(2,15)13(22)21-4-3-5-23-12(24)6-7(16)9(18)11(20)10(19)8(6)17/h24H,3-5,20H2,1-2H3,(H,21,22). The smallest absolute Gasteiger partial charge is 0.216 e. The Morgan fingerprint density at radius 1 is 1.21 bits per heavy atom. The highest BCUT2D eigenvalue weighted by Crippen LogP contribution is 2.27. The van der Waals surface area contributed by atoms with E-state index in [1.54, 1.807) is 0 Å². The number of nitrogens with one attached hydrogen (secondary N) is 1. The normalized spacial score (nSPS) is 11.4. The van der Waals surface area contributed by atoms with E-state index in [2.05, 4.69) is 14.2 Å². The van der Waals surface area contributed by atoms with Crippen LogP contribution in [0, 0.1) is 23.3 Å². The molecule has 4 nitrogen and oxygen atoms in total. The number of nitrogens with two attached hydrogens (primary N) is 1. The Labute approximate surface area is 140 Å². The quantitative estimate of drug-likeness (QED) is 0.196. The van der Waals surface area contributed by atoms with Gasteiger partial charge < -0.3 is 15.8 Å². The highest BCUT2D eigenvalue weighted by Gasteiger charge is 2.26. The van der Waals surface area contributed by atoms with Gasteiger partial charge in [0.2, 0.25) is 5.91 Å². The number of hydrogen-bond acceptors (Lipinski definition) is 3. The van der Waals surface area contributed by atoms with Crippen LogP contribution in [-0.4, -0.2) is 32.4 Å². The Morgan fingerprint density at radius 2 is 1.71 bits per heavy atom. The number of hydrogen-bond donors (Lipinski definition) is 2. The van der Waals surface area contributed by atoms with Gasteiger partial charge in [-0.2, -0.15) is 0 Å². The van der Waals surface area contributed by atoms with E-state index in [1.165, 1.54) is 13.8 Å². The second-order valence-corrected chi connectivity index (χ2v) is 6.01. The van der Waals surface area contributed by atoms with Crippen LogP contribution in [-0.2, 0) is 9.53 Å². The van der Waals surface area contributed by atoms with Crippen molar-refractivity contribution in [3.63, 3.8) is 0 Å². The lowest BCUT2D eigenvalue weighted by molar-refractivity contribution is -0.123. The minimum atomic E-state index is -1.71. The average Bonchev–Trinajstić information content (AvgIpc) is 2.49. The number of carbonyl (C=O) groups is 1. The minimum Gasteiger partial charge on any atom is -0.394 e. The molecule has 24 heavy (non-hydrogen) atoms. The number of nitrogen functional groups attached to an aromatic ring is 1. The van der Waals surface area contributed by atoms with Gasteiger partial charge in [0.05, 0.1) is 20.0 Å². The Hall–Kier alpha value is -1.60. The van der Waals surface area contributed by atoms with Crippen molar-refractivity contribution in [3.8, 4) is 0 Å². The van der Waals surface area contributed by atoms with Crippen LogP contribution in [0.15, 0.2) is 0 Å². The van der Waals surface area contributed by atoms with Crippen LogP contribution < -0.4 is 11.1 Å². The van der Waals surface area contributed by atoms with E-state index < -0.39 is 45.3 Å². The van der Waals surface area contributed by atoms with Crippen molar-refractivity contribution in [3.05, 3.63) is 28.8 Å².